The Morgan fingerprint density at radius 2 is 2.00 bits per heavy atom. The number of rotatable bonds is 3. The van der Waals surface area contributed by atoms with Crippen LogP contribution in [-0.4, -0.2) is 15.8 Å². The minimum absolute atomic E-state index is 0.127. The van der Waals surface area contributed by atoms with Gasteiger partial charge in [-0.1, -0.05) is 18.2 Å². The maximum Gasteiger partial charge on any atom is 0.322 e. The molecule has 2 N–H and O–H groups in total. The van der Waals surface area contributed by atoms with E-state index in [-0.39, 0.29) is 11.8 Å². The van der Waals surface area contributed by atoms with Gasteiger partial charge >= 0.3 is 6.01 Å². The number of hydrogen-bond donors (Lipinski definition) is 1. The smallest absolute Gasteiger partial charge is 0.322 e. The summed E-state index contributed by atoms with van der Waals surface area (Å²) in [7, 11) is 0. The summed E-state index contributed by atoms with van der Waals surface area (Å²) in [6.45, 7) is 1.46. The fourth-order valence-corrected chi connectivity index (χ4v) is 2.01. The molecule has 0 aliphatic heterocycles. The standard InChI is InChI=1S/C16H13N3O2/c1-10(20)13-8-12(17)6-7-15(13)21-16-18-9-11-4-2-3-5-14(11)19-16/h2-9H,17H2,1H3. The number of aromatic nitrogens is 2. The van der Waals surface area contributed by atoms with E-state index in [0.717, 1.165) is 10.9 Å². The molecule has 0 amide bonds. The first-order valence-electron chi connectivity index (χ1n) is 6.43. The van der Waals surface area contributed by atoms with E-state index in [9.17, 15) is 4.79 Å². The highest BCUT2D eigenvalue weighted by Gasteiger charge is 2.11. The topological polar surface area (TPSA) is 78.1 Å². The van der Waals surface area contributed by atoms with Gasteiger partial charge in [0.05, 0.1) is 11.1 Å². The summed E-state index contributed by atoms with van der Waals surface area (Å²) in [5, 5.41) is 0.925. The first-order valence-corrected chi connectivity index (χ1v) is 6.43. The second-order valence-corrected chi connectivity index (χ2v) is 4.63. The molecule has 5 nitrogen and oxygen atoms in total. The van der Waals surface area contributed by atoms with Crippen LogP contribution >= 0.6 is 0 Å². The fraction of sp³-hybridized carbons (Fsp3) is 0.0625. The van der Waals surface area contributed by atoms with Crippen molar-refractivity contribution >= 4 is 22.4 Å². The number of hydrogen-bond acceptors (Lipinski definition) is 5. The van der Waals surface area contributed by atoms with Gasteiger partial charge < -0.3 is 10.5 Å². The van der Waals surface area contributed by atoms with Crippen LogP contribution in [0.3, 0.4) is 0 Å². The summed E-state index contributed by atoms with van der Waals surface area (Å²) in [4.78, 5) is 20.1. The molecule has 0 spiro atoms. The quantitative estimate of drug-likeness (QED) is 0.588. The molecule has 2 aromatic carbocycles. The SMILES string of the molecule is CC(=O)c1cc(N)ccc1Oc1ncc2ccccc2n1. The van der Waals surface area contributed by atoms with Gasteiger partial charge in [0.25, 0.3) is 0 Å². The van der Waals surface area contributed by atoms with Gasteiger partial charge in [-0.25, -0.2) is 4.98 Å². The summed E-state index contributed by atoms with van der Waals surface area (Å²) in [6.07, 6.45) is 1.68. The lowest BCUT2D eigenvalue weighted by atomic mass is 10.1. The van der Waals surface area contributed by atoms with Crippen molar-refractivity contribution in [3.8, 4) is 11.8 Å². The number of carbonyl (C=O) groups is 1. The van der Waals surface area contributed by atoms with Gasteiger partial charge in [-0.3, -0.25) is 4.79 Å². The largest absolute Gasteiger partial charge is 0.424 e. The zero-order valence-electron chi connectivity index (χ0n) is 11.4. The minimum Gasteiger partial charge on any atom is -0.424 e. The van der Waals surface area contributed by atoms with Gasteiger partial charge in [-0.2, -0.15) is 4.98 Å². The third-order valence-electron chi connectivity index (χ3n) is 3.05. The average molecular weight is 279 g/mol. The molecule has 3 rings (SSSR count). The number of carbonyl (C=O) groups excluding carboxylic acids is 1. The average Bonchev–Trinajstić information content (AvgIpc) is 2.49. The van der Waals surface area contributed by atoms with Crippen molar-refractivity contribution in [2.24, 2.45) is 0 Å². The molecule has 0 fully saturated rings. The second kappa shape index (κ2) is 5.20. The van der Waals surface area contributed by atoms with Crippen molar-refractivity contribution in [2.45, 2.75) is 6.92 Å². The summed E-state index contributed by atoms with van der Waals surface area (Å²) in [5.41, 5.74) is 7.39. The Balaban J connectivity index is 2.00. The van der Waals surface area contributed by atoms with Crippen LogP contribution in [0.1, 0.15) is 17.3 Å². The number of fused-ring (bicyclic) bond motifs is 1. The molecule has 0 aliphatic carbocycles. The lowest BCUT2D eigenvalue weighted by molar-refractivity contribution is 0.101. The van der Waals surface area contributed by atoms with Crippen LogP contribution in [0.25, 0.3) is 10.9 Å². The molecule has 0 saturated carbocycles. The molecule has 0 radical (unpaired) electrons. The third kappa shape index (κ3) is 2.67. The van der Waals surface area contributed by atoms with E-state index in [1.165, 1.54) is 6.92 Å². The fourth-order valence-electron chi connectivity index (χ4n) is 2.01. The molecule has 0 saturated heterocycles. The summed E-state index contributed by atoms with van der Waals surface area (Å²) >= 11 is 0. The van der Waals surface area contributed by atoms with Gasteiger partial charge in [0.2, 0.25) is 0 Å². The molecule has 0 bridgehead atoms. The molecule has 5 heteroatoms. The Labute approximate surface area is 121 Å². The van der Waals surface area contributed by atoms with Crippen molar-refractivity contribution in [3.05, 3.63) is 54.2 Å². The first-order chi connectivity index (χ1) is 10.1. The van der Waals surface area contributed by atoms with E-state index in [1.54, 1.807) is 24.4 Å². The van der Waals surface area contributed by atoms with Crippen LogP contribution in [0.4, 0.5) is 5.69 Å². The van der Waals surface area contributed by atoms with Crippen LogP contribution < -0.4 is 10.5 Å². The number of nitrogens with two attached hydrogens (primary N) is 1. The van der Waals surface area contributed by atoms with Gasteiger partial charge in [-0.05, 0) is 31.2 Å². The van der Waals surface area contributed by atoms with Gasteiger partial charge in [0, 0.05) is 17.3 Å². The highest BCUT2D eigenvalue weighted by atomic mass is 16.5. The number of benzene rings is 2. The third-order valence-corrected chi connectivity index (χ3v) is 3.05. The number of ether oxygens (including phenoxy) is 1. The molecule has 0 unspecified atom stereocenters. The zero-order chi connectivity index (χ0) is 14.8. The number of para-hydroxylation sites is 1. The van der Waals surface area contributed by atoms with Crippen molar-refractivity contribution in [3.63, 3.8) is 0 Å². The number of nitrogen functional groups attached to an aromatic ring is 1. The van der Waals surface area contributed by atoms with Crippen LogP contribution in [0.2, 0.25) is 0 Å². The van der Waals surface area contributed by atoms with E-state index in [1.807, 2.05) is 24.3 Å². The van der Waals surface area contributed by atoms with E-state index < -0.39 is 0 Å². The summed E-state index contributed by atoms with van der Waals surface area (Å²) in [5.74, 6) is 0.269. The monoisotopic (exact) mass is 279 g/mol. The predicted molar refractivity (Wildman–Crippen MR) is 80.5 cm³/mol. The Hall–Kier alpha value is -2.95. The van der Waals surface area contributed by atoms with Crippen LogP contribution in [-0.2, 0) is 0 Å². The summed E-state index contributed by atoms with van der Waals surface area (Å²) < 4.78 is 5.64. The molecule has 1 heterocycles. The minimum atomic E-state index is -0.127. The maximum atomic E-state index is 11.6. The molecular weight excluding hydrogens is 266 g/mol. The van der Waals surface area contributed by atoms with Crippen molar-refractivity contribution < 1.29 is 9.53 Å². The van der Waals surface area contributed by atoms with Gasteiger partial charge in [0.15, 0.2) is 5.78 Å². The lowest BCUT2D eigenvalue weighted by Crippen LogP contribution is -2.00. The van der Waals surface area contributed by atoms with E-state index in [0.29, 0.717) is 17.0 Å². The van der Waals surface area contributed by atoms with Crippen molar-refractivity contribution in [1.82, 2.24) is 9.97 Å². The highest BCUT2D eigenvalue weighted by Crippen LogP contribution is 2.26. The zero-order valence-corrected chi connectivity index (χ0v) is 11.4. The maximum absolute atomic E-state index is 11.6. The van der Waals surface area contributed by atoms with Crippen molar-refractivity contribution in [2.75, 3.05) is 5.73 Å². The Kier molecular flexibility index (Phi) is 3.23. The molecule has 21 heavy (non-hydrogen) atoms. The van der Waals surface area contributed by atoms with Crippen LogP contribution in [0.5, 0.6) is 11.8 Å². The molecule has 3 aromatic rings. The first kappa shape index (κ1) is 13.1. The summed E-state index contributed by atoms with van der Waals surface area (Å²) in [6, 6.07) is 12.7. The Morgan fingerprint density at radius 1 is 1.19 bits per heavy atom. The van der Waals surface area contributed by atoms with Crippen molar-refractivity contribution in [1.29, 1.82) is 0 Å². The molecule has 0 atom stereocenters. The number of nitrogens with zero attached hydrogens (tertiary/aromatic N) is 2. The molecule has 1 aromatic heterocycles. The van der Waals surface area contributed by atoms with Gasteiger partial charge in [-0.15, -0.1) is 0 Å². The molecule has 104 valence electrons. The number of anilines is 1. The Bertz CT molecular complexity index is 831. The van der Waals surface area contributed by atoms with E-state index in [4.69, 9.17) is 10.5 Å². The number of ketones is 1. The van der Waals surface area contributed by atoms with Crippen LogP contribution in [0.15, 0.2) is 48.7 Å². The Morgan fingerprint density at radius 3 is 2.81 bits per heavy atom. The van der Waals surface area contributed by atoms with E-state index in [2.05, 4.69) is 9.97 Å². The molecular formula is C16H13N3O2. The highest BCUT2D eigenvalue weighted by molar-refractivity contribution is 5.97. The normalized spacial score (nSPS) is 10.5. The van der Waals surface area contributed by atoms with E-state index >= 15 is 0 Å². The molecule has 0 aliphatic rings. The van der Waals surface area contributed by atoms with Gasteiger partial charge in [0.1, 0.15) is 5.75 Å². The predicted octanol–water partition coefficient (Wildman–Crippen LogP) is 3.21. The number of Topliss-reactive ketones (excluding diaryl/α,β-unsaturated/α-hetero) is 1. The second-order valence-electron chi connectivity index (χ2n) is 4.63. The lowest BCUT2D eigenvalue weighted by Gasteiger charge is -2.09. The van der Waals surface area contributed by atoms with Crippen LogP contribution in [0, 0.1) is 0 Å².